The molecule has 0 aliphatic carbocycles. The van der Waals surface area contributed by atoms with Gasteiger partial charge in [-0.15, -0.1) is 12.6 Å². The molecule has 4 aromatic carbocycles. The van der Waals surface area contributed by atoms with Gasteiger partial charge in [-0.2, -0.15) is 0 Å². The van der Waals surface area contributed by atoms with Gasteiger partial charge in [-0.05, 0) is 47.5 Å². The monoisotopic (exact) mass is 372 g/mol. The Morgan fingerprint density at radius 3 is 1.27 bits per heavy atom. The van der Waals surface area contributed by atoms with E-state index in [4.69, 9.17) is 0 Å². The van der Waals surface area contributed by atoms with E-state index in [9.17, 15) is 0 Å². The summed E-state index contributed by atoms with van der Waals surface area (Å²) in [5, 5.41) is 0. The first-order chi connectivity index (χ1) is 12.8. The first-order valence-corrected chi connectivity index (χ1v) is 9.70. The average molecular weight is 373 g/mol. The average Bonchev–Trinajstić information content (AvgIpc) is 2.72. The molecule has 0 N–H and O–H groups in total. The normalized spacial score (nSPS) is 9.88. The van der Waals surface area contributed by atoms with E-state index in [-0.39, 0.29) is 0 Å². The van der Waals surface area contributed by atoms with E-state index in [1.165, 1.54) is 20.9 Å². The molecule has 0 aromatic heterocycles. The minimum absolute atomic E-state index is 1.00. The largest absolute Gasteiger partial charge is 0.143 e. The van der Waals surface area contributed by atoms with Crippen molar-refractivity contribution in [2.45, 2.75) is 14.7 Å². The van der Waals surface area contributed by atoms with Crippen LogP contribution in [0.1, 0.15) is 0 Å². The Morgan fingerprint density at radius 1 is 0.423 bits per heavy atom. The van der Waals surface area contributed by atoms with Crippen molar-refractivity contribution in [3.63, 3.8) is 0 Å². The van der Waals surface area contributed by atoms with Gasteiger partial charge in [-0.1, -0.05) is 90.6 Å². The number of benzene rings is 4. The molecule has 0 aliphatic rings. The smallest absolute Gasteiger partial charge is 0.0123 e. The lowest BCUT2D eigenvalue weighted by molar-refractivity contribution is 1.35. The van der Waals surface area contributed by atoms with Crippen molar-refractivity contribution in [2.75, 3.05) is 0 Å². The van der Waals surface area contributed by atoms with Crippen molar-refractivity contribution >= 4 is 24.4 Å². The van der Waals surface area contributed by atoms with Gasteiger partial charge in [-0.25, -0.2) is 0 Å². The van der Waals surface area contributed by atoms with Crippen LogP contribution in [0.25, 0.3) is 11.1 Å². The molecule has 0 nitrogen and oxygen atoms in total. The molecule has 0 spiro atoms. The third-order valence-corrected chi connectivity index (χ3v) is 5.01. The minimum atomic E-state index is 1.00. The minimum Gasteiger partial charge on any atom is -0.143 e. The summed E-state index contributed by atoms with van der Waals surface area (Å²) >= 11 is 6.01. The van der Waals surface area contributed by atoms with E-state index in [0.717, 1.165) is 4.90 Å². The summed E-state index contributed by atoms with van der Waals surface area (Å²) in [6.45, 7) is 0. The molecule has 0 fully saturated rings. The molecule has 0 heterocycles. The van der Waals surface area contributed by atoms with Gasteiger partial charge in [-0.3, -0.25) is 0 Å². The van der Waals surface area contributed by atoms with Crippen LogP contribution in [0.2, 0.25) is 0 Å². The molecule has 0 unspecified atom stereocenters. The summed E-state index contributed by atoms with van der Waals surface area (Å²) in [4.78, 5) is 3.51. The maximum Gasteiger partial charge on any atom is 0.0123 e. The molecule has 0 atom stereocenters. The molecule has 4 rings (SSSR count). The van der Waals surface area contributed by atoms with Gasteiger partial charge in [0.2, 0.25) is 0 Å². The summed E-state index contributed by atoms with van der Waals surface area (Å²) in [5.41, 5.74) is 2.55. The van der Waals surface area contributed by atoms with Crippen molar-refractivity contribution in [1.29, 1.82) is 0 Å². The van der Waals surface area contributed by atoms with E-state index < -0.39 is 0 Å². The van der Waals surface area contributed by atoms with Crippen LogP contribution in [0.15, 0.2) is 130 Å². The molecule has 0 bridgehead atoms. The lowest BCUT2D eigenvalue weighted by Crippen LogP contribution is -1.73. The quantitative estimate of drug-likeness (QED) is 0.364. The zero-order chi connectivity index (χ0) is 18.0. The fourth-order valence-corrected chi connectivity index (χ4v) is 3.39. The summed E-state index contributed by atoms with van der Waals surface area (Å²) in [6.07, 6.45) is 0. The highest BCUT2D eigenvalue weighted by Crippen LogP contribution is 2.27. The van der Waals surface area contributed by atoms with Gasteiger partial charge < -0.3 is 0 Å². The van der Waals surface area contributed by atoms with Crippen LogP contribution in [-0.2, 0) is 0 Å². The predicted octanol–water partition coefficient (Wildman–Crippen LogP) is 7.48. The Labute approximate surface area is 165 Å². The first-order valence-electron chi connectivity index (χ1n) is 8.44. The van der Waals surface area contributed by atoms with Crippen molar-refractivity contribution < 1.29 is 0 Å². The number of hydrogen-bond donors (Lipinski definition) is 1. The Hall–Kier alpha value is -2.42. The van der Waals surface area contributed by atoms with Crippen LogP contribution in [-0.4, -0.2) is 0 Å². The van der Waals surface area contributed by atoms with E-state index in [0.29, 0.717) is 0 Å². The standard InChI is InChI=1S/C12H10S2.C12H10/c13-10-6-8-12(9-7-10)14-11-4-2-1-3-5-11;1-3-7-11(8-4-1)12-9-5-2-6-10-12/h1-9,13H;1-10H. The Morgan fingerprint density at radius 2 is 0.808 bits per heavy atom. The topological polar surface area (TPSA) is 0 Å². The van der Waals surface area contributed by atoms with Gasteiger partial charge >= 0.3 is 0 Å². The number of rotatable bonds is 3. The summed E-state index contributed by atoms with van der Waals surface area (Å²) < 4.78 is 0. The molecule has 0 amide bonds. The van der Waals surface area contributed by atoms with Crippen molar-refractivity contribution in [3.8, 4) is 11.1 Å². The fourth-order valence-electron chi connectivity index (χ4n) is 2.40. The van der Waals surface area contributed by atoms with Gasteiger partial charge in [0.05, 0.1) is 0 Å². The van der Waals surface area contributed by atoms with Crippen LogP contribution >= 0.6 is 24.4 Å². The van der Waals surface area contributed by atoms with Crippen LogP contribution in [0.3, 0.4) is 0 Å². The second kappa shape index (κ2) is 9.91. The second-order valence-corrected chi connectivity index (χ2v) is 7.30. The molecular weight excluding hydrogens is 352 g/mol. The van der Waals surface area contributed by atoms with Crippen LogP contribution in [0.5, 0.6) is 0 Å². The summed E-state index contributed by atoms with van der Waals surface area (Å²) in [7, 11) is 0. The molecule has 0 saturated heterocycles. The molecule has 4 aromatic rings. The van der Waals surface area contributed by atoms with E-state index >= 15 is 0 Å². The van der Waals surface area contributed by atoms with E-state index in [1.54, 1.807) is 11.8 Å². The first kappa shape index (κ1) is 18.4. The maximum atomic E-state index is 4.25. The summed E-state index contributed by atoms with van der Waals surface area (Å²) in [6, 6.07) is 39.3. The Bertz CT molecular complexity index is 849. The van der Waals surface area contributed by atoms with Crippen LogP contribution in [0.4, 0.5) is 0 Å². The van der Waals surface area contributed by atoms with Gasteiger partial charge in [0.15, 0.2) is 0 Å². The van der Waals surface area contributed by atoms with Crippen LogP contribution in [0, 0.1) is 0 Å². The molecule has 0 radical (unpaired) electrons. The zero-order valence-electron chi connectivity index (χ0n) is 14.3. The van der Waals surface area contributed by atoms with Crippen molar-refractivity contribution in [1.82, 2.24) is 0 Å². The fraction of sp³-hybridized carbons (Fsp3) is 0. The lowest BCUT2D eigenvalue weighted by atomic mass is 10.1. The SMILES string of the molecule is Sc1ccc(Sc2ccccc2)cc1.c1ccc(-c2ccccc2)cc1. The number of hydrogen-bond acceptors (Lipinski definition) is 2. The highest BCUT2D eigenvalue weighted by molar-refractivity contribution is 7.99. The Kier molecular flexibility index (Phi) is 7.00. The van der Waals surface area contributed by atoms with Gasteiger partial charge in [0.25, 0.3) is 0 Å². The Balaban J connectivity index is 0.000000152. The van der Waals surface area contributed by atoms with Gasteiger partial charge in [0.1, 0.15) is 0 Å². The summed E-state index contributed by atoms with van der Waals surface area (Å²) in [5.74, 6) is 0. The molecular formula is C24H20S2. The molecule has 128 valence electrons. The predicted molar refractivity (Wildman–Crippen MR) is 116 cm³/mol. The zero-order valence-corrected chi connectivity index (χ0v) is 16.0. The maximum absolute atomic E-state index is 4.25. The third-order valence-electron chi connectivity index (χ3n) is 3.70. The third kappa shape index (κ3) is 5.83. The lowest BCUT2D eigenvalue weighted by Gasteiger charge is -2.00. The van der Waals surface area contributed by atoms with Gasteiger partial charge in [0, 0.05) is 14.7 Å². The van der Waals surface area contributed by atoms with E-state index in [2.05, 4.69) is 97.6 Å². The van der Waals surface area contributed by atoms with Crippen molar-refractivity contribution in [3.05, 3.63) is 115 Å². The molecule has 0 saturated carbocycles. The van der Waals surface area contributed by atoms with Crippen molar-refractivity contribution in [2.24, 2.45) is 0 Å². The van der Waals surface area contributed by atoms with Crippen LogP contribution < -0.4 is 0 Å². The highest BCUT2D eigenvalue weighted by atomic mass is 32.2. The number of thiol groups is 1. The molecule has 2 heteroatoms. The van der Waals surface area contributed by atoms with E-state index in [1.807, 2.05) is 30.3 Å². The highest BCUT2D eigenvalue weighted by Gasteiger charge is 1.95. The second-order valence-electron chi connectivity index (χ2n) is 5.64. The molecule has 0 aliphatic heterocycles. The molecule has 26 heavy (non-hydrogen) atoms.